The fraction of sp³-hybridized carbons (Fsp3) is 0.160. The third-order valence-corrected chi connectivity index (χ3v) is 7.22. The molecule has 0 aromatic heterocycles. The Kier molecular flexibility index (Phi) is 8.06. The first-order valence-corrected chi connectivity index (χ1v) is 12.7. The quantitative estimate of drug-likeness (QED) is 0.351. The van der Waals surface area contributed by atoms with Crippen molar-refractivity contribution in [3.05, 3.63) is 93.0 Å². The molecule has 168 valence electrons. The van der Waals surface area contributed by atoms with Gasteiger partial charge in [-0.05, 0) is 83.1 Å². The molecule has 0 aliphatic carbocycles. The molecule has 4 rings (SSSR count). The molecule has 33 heavy (non-hydrogen) atoms. The fourth-order valence-electron chi connectivity index (χ4n) is 3.33. The summed E-state index contributed by atoms with van der Waals surface area (Å²) in [4.78, 5) is 32.4. The van der Waals surface area contributed by atoms with Crippen molar-refractivity contribution >= 4 is 74.3 Å². The summed E-state index contributed by atoms with van der Waals surface area (Å²) in [5, 5.41) is 3.49. The number of aliphatic imine (C=N–C) groups is 1. The molecule has 1 heterocycles. The number of benzene rings is 3. The van der Waals surface area contributed by atoms with E-state index in [1.165, 1.54) is 11.8 Å². The van der Waals surface area contributed by atoms with Crippen LogP contribution < -0.4 is 5.32 Å². The van der Waals surface area contributed by atoms with Gasteiger partial charge in [0, 0.05) is 27.2 Å². The maximum Gasteiger partial charge on any atom is 0.238 e. The number of carbonyl (C=O) groups excluding carboxylic acids is 2. The third-order valence-electron chi connectivity index (χ3n) is 5.06. The first-order valence-electron chi connectivity index (χ1n) is 10.4. The van der Waals surface area contributed by atoms with E-state index in [2.05, 4.69) is 27.9 Å². The average molecular weight is 590 g/mol. The molecular formula is C25H21ClIN3O2S. The van der Waals surface area contributed by atoms with Gasteiger partial charge in [-0.15, -0.1) is 0 Å². The lowest BCUT2D eigenvalue weighted by Gasteiger charge is -2.32. The topological polar surface area (TPSA) is 61.8 Å². The number of hydrogen-bond acceptors (Lipinski definition) is 4. The standard InChI is InChI=1S/C25H21ClIN3O2S/c26-18-6-10-21(11-7-18)29-25-30(15-14-17-4-2-1-3-5-17)23(31)16-22(33-25)24(32)28-20-12-8-19(27)9-13-20/h1-13,22H,14-16H2,(H,28,32). The van der Waals surface area contributed by atoms with Gasteiger partial charge in [0.15, 0.2) is 5.17 Å². The first-order chi connectivity index (χ1) is 16.0. The van der Waals surface area contributed by atoms with Crippen molar-refractivity contribution in [2.24, 2.45) is 4.99 Å². The van der Waals surface area contributed by atoms with Crippen molar-refractivity contribution in [1.29, 1.82) is 0 Å². The van der Waals surface area contributed by atoms with Crippen LogP contribution in [0.3, 0.4) is 0 Å². The predicted molar refractivity (Wildman–Crippen MR) is 144 cm³/mol. The smallest absolute Gasteiger partial charge is 0.238 e. The van der Waals surface area contributed by atoms with Gasteiger partial charge in [0.05, 0.1) is 5.69 Å². The predicted octanol–water partition coefficient (Wildman–Crippen LogP) is 6.15. The summed E-state index contributed by atoms with van der Waals surface area (Å²) in [5.74, 6) is -0.318. The molecular weight excluding hydrogens is 569 g/mol. The Balaban J connectivity index is 1.54. The van der Waals surface area contributed by atoms with Crippen molar-refractivity contribution in [2.45, 2.75) is 18.1 Å². The Morgan fingerprint density at radius 2 is 1.76 bits per heavy atom. The zero-order valence-electron chi connectivity index (χ0n) is 17.6. The maximum atomic E-state index is 13.1. The summed E-state index contributed by atoms with van der Waals surface area (Å²) in [7, 11) is 0. The van der Waals surface area contributed by atoms with Crippen LogP contribution in [0.4, 0.5) is 11.4 Å². The van der Waals surface area contributed by atoms with E-state index in [-0.39, 0.29) is 18.2 Å². The molecule has 0 radical (unpaired) electrons. The molecule has 1 aliphatic heterocycles. The Hall–Kier alpha value is -2.36. The summed E-state index contributed by atoms with van der Waals surface area (Å²) in [6.45, 7) is 0.494. The fourth-order valence-corrected chi connectivity index (χ4v) is 4.94. The van der Waals surface area contributed by atoms with Gasteiger partial charge in [0.25, 0.3) is 0 Å². The van der Waals surface area contributed by atoms with E-state index in [9.17, 15) is 9.59 Å². The summed E-state index contributed by atoms with van der Waals surface area (Å²) in [6.07, 6.45) is 0.821. The van der Waals surface area contributed by atoms with Crippen molar-refractivity contribution in [3.8, 4) is 0 Å². The Morgan fingerprint density at radius 3 is 2.45 bits per heavy atom. The van der Waals surface area contributed by atoms with Crippen LogP contribution in [0.25, 0.3) is 0 Å². The molecule has 0 saturated carbocycles. The van der Waals surface area contributed by atoms with Crippen molar-refractivity contribution in [1.82, 2.24) is 4.90 Å². The van der Waals surface area contributed by atoms with E-state index >= 15 is 0 Å². The van der Waals surface area contributed by atoms with Crippen LogP contribution in [-0.4, -0.2) is 33.7 Å². The van der Waals surface area contributed by atoms with E-state index in [0.29, 0.717) is 34.5 Å². The molecule has 1 atom stereocenters. The molecule has 3 aromatic rings. The van der Waals surface area contributed by atoms with E-state index in [4.69, 9.17) is 16.6 Å². The second kappa shape index (κ2) is 11.2. The largest absolute Gasteiger partial charge is 0.325 e. The van der Waals surface area contributed by atoms with Crippen LogP contribution in [0.2, 0.25) is 5.02 Å². The first kappa shape index (κ1) is 23.8. The molecule has 1 saturated heterocycles. The Bertz CT molecular complexity index is 1150. The van der Waals surface area contributed by atoms with Crippen LogP contribution in [0, 0.1) is 3.57 Å². The van der Waals surface area contributed by atoms with E-state index < -0.39 is 5.25 Å². The third kappa shape index (κ3) is 6.59. The van der Waals surface area contributed by atoms with E-state index in [0.717, 1.165) is 9.13 Å². The lowest BCUT2D eigenvalue weighted by atomic mass is 10.1. The van der Waals surface area contributed by atoms with Crippen molar-refractivity contribution < 1.29 is 9.59 Å². The number of amidine groups is 1. The molecule has 1 aliphatic rings. The van der Waals surface area contributed by atoms with Gasteiger partial charge < -0.3 is 5.32 Å². The highest BCUT2D eigenvalue weighted by Gasteiger charge is 2.35. The van der Waals surface area contributed by atoms with Gasteiger partial charge in [-0.2, -0.15) is 0 Å². The molecule has 1 N–H and O–H groups in total. The molecule has 5 nitrogen and oxygen atoms in total. The van der Waals surface area contributed by atoms with E-state index in [1.807, 2.05) is 54.6 Å². The number of nitrogens with zero attached hydrogens (tertiary/aromatic N) is 2. The highest BCUT2D eigenvalue weighted by molar-refractivity contribution is 14.1. The second-order valence-corrected chi connectivity index (χ2v) is 10.3. The molecule has 8 heteroatoms. The maximum absolute atomic E-state index is 13.1. The minimum absolute atomic E-state index is 0.111. The molecule has 3 aromatic carbocycles. The Morgan fingerprint density at radius 1 is 1.06 bits per heavy atom. The highest BCUT2D eigenvalue weighted by atomic mass is 127. The van der Waals surface area contributed by atoms with Gasteiger partial charge in [0.2, 0.25) is 11.8 Å². The number of anilines is 1. The van der Waals surface area contributed by atoms with Crippen molar-refractivity contribution in [2.75, 3.05) is 11.9 Å². The Labute approximate surface area is 215 Å². The number of hydrogen-bond donors (Lipinski definition) is 1. The minimum atomic E-state index is -0.559. The summed E-state index contributed by atoms with van der Waals surface area (Å²) < 4.78 is 1.08. The minimum Gasteiger partial charge on any atom is -0.325 e. The van der Waals surface area contributed by atoms with Crippen LogP contribution in [0.1, 0.15) is 12.0 Å². The molecule has 0 spiro atoms. The lowest BCUT2D eigenvalue weighted by Crippen LogP contribution is -2.46. The van der Waals surface area contributed by atoms with Crippen LogP contribution >= 0.6 is 46.0 Å². The number of rotatable bonds is 6. The van der Waals surface area contributed by atoms with Gasteiger partial charge in [0.1, 0.15) is 5.25 Å². The highest BCUT2D eigenvalue weighted by Crippen LogP contribution is 2.30. The number of carbonyl (C=O) groups is 2. The van der Waals surface area contributed by atoms with Gasteiger partial charge in [-0.3, -0.25) is 14.5 Å². The zero-order valence-corrected chi connectivity index (χ0v) is 21.3. The van der Waals surface area contributed by atoms with Gasteiger partial charge in [-0.25, -0.2) is 4.99 Å². The molecule has 2 amide bonds. The number of thioether (sulfide) groups is 1. The molecule has 1 unspecified atom stereocenters. The van der Waals surface area contributed by atoms with Gasteiger partial charge >= 0.3 is 0 Å². The zero-order chi connectivity index (χ0) is 23.2. The van der Waals surface area contributed by atoms with Crippen molar-refractivity contribution in [3.63, 3.8) is 0 Å². The normalized spacial score (nSPS) is 17.3. The lowest BCUT2D eigenvalue weighted by molar-refractivity contribution is -0.129. The summed E-state index contributed by atoms with van der Waals surface area (Å²) in [5.41, 5.74) is 2.52. The summed E-state index contributed by atoms with van der Waals surface area (Å²) in [6, 6.07) is 24.7. The summed E-state index contributed by atoms with van der Waals surface area (Å²) >= 11 is 9.53. The monoisotopic (exact) mass is 589 g/mol. The number of halogens is 2. The van der Waals surface area contributed by atoms with Crippen LogP contribution in [-0.2, 0) is 16.0 Å². The number of amides is 2. The average Bonchev–Trinajstić information content (AvgIpc) is 2.82. The van der Waals surface area contributed by atoms with E-state index in [1.54, 1.807) is 29.2 Å². The SMILES string of the molecule is O=C(Nc1ccc(I)cc1)C1CC(=O)N(CCc2ccccc2)C(=Nc2ccc(Cl)cc2)S1. The van der Waals surface area contributed by atoms with Gasteiger partial charge in [-0.1, -0.05) is 53.7 Å². The molecule has 1 fully saturated rings. The van der Waals surface area contributed by atoms with Crippen LogP contribution in [0.5, 0.6) is 0 Å². The molecule has 0 bridgehead atoms. The number of nitrogens with one attached hydrogen (secondary N) is 1. The second-order valence-electron chi connectivity index (χ2n) is 7.46. The van der Waals surface area contributed by atoms with Crippen LogP contribution in [0.15, 0.2) is 83.9 Å².